The fourth-order valence-corrected chi connectivity index (χ4v) is 5.83. The van der Waals surface area contributed by atoms with Gasteiger partial charge in [0.25, 0.3) is 5.56 Å². The molecule has 2 fully saturated rings. The van der Waals surface area contributed by atoms with E-state index in [1.54, 1.807) is 0 Å². The number of methoxy groups -OCH3 is 1. The molecule has 17 nitrogen and oxygen atoms in total. The number of aryl methyl sites for hydroxylation is 1. The molecule has 2 aliphatic rings. The standard InChI is InChI=1S/C17H28N2O15P2/c1-7-5-19(17(24)18-15(7)23)11-4-9(20)10(32-11)6-30-35(25,26)34-36(27,28)33-16-13(22)14(29-3)12(21)8(2)31-16/h5,8-14,16,20-22H,4,6H2,1-3H3,(H,25,26)(H,27,28)(H,18,23,24)/t8-,9-,10+,11+,12-,13+,14+,16+/m0/s1. The average Bonchev–Trinajstić information content (AvgIpc) is 3.13. The van der Waals surface area contributed by atoms with Crippen molar-refractivity contribution in [3.63, 3.8) is 0 Å². The topological polar surface area (TPSA) is 246 Å². The summed E-state index contributed by atoms with van der Waals surface area (Å²) in [5.41, 5.74) is -1.20. The molecule has 1 aromatic heterocycles. The third kappa shape index (κ3) is 6.76. The fourth-order valence-electron chi connectivity index (χ4n) is 3.67. The van der Waals surface area contributed by atoms with Gasteiger partial charge in [-0.2, -0.15) is 4.31 Å². The van der Waals surface area contributed by atoms with Crippen LogP contribution in [0.5, 0.6) is 0 Å². The number of H-pyrrole nitrogens is 1. The van der Waals surface area contributed by atoms with Crippen molar-refractivity contribution in [2.45, 2.75) is 69.4 Å². The van der Waals surface area contributed by atoms with Crippen LogP contribution < -0.4 is 11.2 Å². The Hall–Kier alpha value is -1.30. The molecule has 0 radical (unpaired) electrons. The number of ether oxygens (including phenoxy) is 3. The van der Waals surface area contributed by atoms with Crippen LogP contribution in [0.15, 0.2) is 15.8 Å². The van der Waals surface area contributed by atoms with Crippen LogP contribution in [0.2, 0.25) is 0 Å². The van der Waals surface area contributed by atoms with Gasteiger partial charge in [-0.05, 0) is 13.8 Å². The minimum Gasteiger partial charge on any atom is -0.390 e. The number of rotatable bonds is 9. The van der Waals surface area contributed by atoms with Crippen molar-refractivity contribution in [3.05, 3.63) is 32.6 Å². The SMILES string of the molecule is CO[C@@H]1[C@@H](O)[C@H](C)O[C@H](OP(=O)(O)OP(=O)(O)OC[C@H]2O[C@@H](n3cc(C)c(=O)[nH]c3=O)C[C@@H]2O)[C@@H]1O. The first-order valence-corrected chi connectivity index (χ1v) is 13.5. The second-order valence-corrected chi connectivity index (χ2v) is 11.2. The van der Waals surface area contributed by atoms with Crippen LogP contribution in [-0.2, 0) is 36.7 Å². The number of nitrogens with one attached hydrogen (secondary N) is 1. The molecule has 0 amide bonds. The van der Waals surface area contributed by atoms with E-state index >= 15 is 0 Å². The van der Waals surface area contributed by atoms with Crippen molar-refractivity contribution >= 4 is 15.6 Å². The molecule has 10 atom stereocenters. The Bertz CT molecular complexity index is 1140. The average molecular weight is 562 g/mol. The summed E-state index contributed by atoms with van der Waals surface area (Å²) in [6.45, 7) is 2.01. The highest BCUT2D eigenvalue weighted by molar-refractivity contribution is 7.61. The van der Waals surface area contributed by atoms with E-state index in [0.717, 1.165) is 11.7 Å². The smallest absolute Gasteiger partial charge is 0.390 e. The number of hydrogen-bond donors (Lipinski definition) is 6. The predicted octanol–water partition coefficient (Wildman–Crippen LogP) is -1.77. The number of aliphatic hydroxyl groups excluding tert-OH is 3. The summed E-state index contributed by atoms with van der Waals surface area (Å²) in [7, 11) is -9.55. The highest BCUT2D eigenvalue weighted by Crippen LogP contribution is 2.61. The number of aliphatic hydroxyl groups is 3. The quantitative estimate of drug-likeness (QED) is 0.182. The van der Waals surface area contributed by atoms with Gasteiger partial charge in [0.2, 0.25) is 0 Å². The van der Waals surface area contributed by atoms with E-state index in [0.29, 0.717) is 0 Å². The highest BCUT2D eigenvalue weighted by Gasteiger charge is 2.48. The van der Waals surface area contributed by atoms with E-state index in [1.165, 1.54) is 20.0 Å². The van der Waals surface area contributed by atoms with E-state index in [-0.39, 0.29) is 12.0 Å². The Morgan fingerprint density at radius 3 is 2.44 bits per heavy atom. The van der Waals surface area contributed by atoms with E-state index in [9.17, 15) is 43.8 Å². The summed E-state index contributed by atoms with van der Waals surface area (Å²) in [6, 6.07) is 0. The van der Waals surface area contributed by atoms with Gasteiger partial charge in [0, 0.05) is 25.3 Å². The molecule has 2 unspecified atom stereocenters. The maximum absolute atomic E-state index is 12.3. The molecule has 0 saturated carbocycles. The number of phosphoric acid groups is 2. The highest BCUT2D eigenvalue weighted by atomic mass is 31.3. The summed E-state index contributed by atoms with van der Waals surface area (Å²) < 4.78 is 54.5. The summed E-state index contributed by atoms with van der Waals surface area (Å²) in [6.07, 6.45) is -9.70. The van der Waals surface area contributed by atoms with Crippen LogP contribution in [0.1, 0.15) is 25.1 Å². The lowest BCUT2D eigenvalue weighted by Gasteiger charge is -2.40. The first kappa shape index (κ1) is 29.3. The van der Waals surface area contributed by atoms with Crippen LogP contribution >= 0.6 is 15.6 Å². The predicted molar refractivity (Wildman–Crippen MR) is 116 cm³/mol. The molecule has 2 aliphatic heterocycles. The molecular formula is C17H28N2O15P2. The van der Waals surface area contributed by atoms with Gasteiger partial charge in [0.1, 0.15) is 30.6 Å². The lowest BCUT2D eigenvalue weighted by atomic mass is 10.00. The van der Waals surface area contributed by atoms with E-state index in [2.05, 4.69) is 18.3 Å². The van der Waals surface area contributed by atoms with Crippen molar-refractivity contribution in [1.29, 1.82) is 0 Å². The molecule has 3 rings (SSSR count). The van der Waals surface area contributed by atoms with E-state index in [1.807, 2.05) is 0 Å². The molecule has 19 heteroatoms. The molecule has 3 heterocycles. The van der Waals surface area contributed by atoms with Gasteiger partial charge in [-0.25, -0.2) is 13.9 Å². The van der Waals surface area contributed by atoms with Crippen molar-refractivity contribution in [2.75, 3.05) is 13.7 Å². The van der Waals surface area contributed by atoms with Crippen LogP contribution in [0.25, 0.3) is 0 Å². The minimum absolute atomic E-state index is 0.140. The second-order valence-electron chi connectivity index (χ2n) is 8.22. The first-order chi connectivity index (χ1) is 16.6. The zero-order valence-corrected chi connectivity index (χ0v) is 21.1. The normalized spacial score (nSPS) is 36.3. The summed E-state index contributed by atoms with van der Waals surface area (Å²) >= 11 is 0. The third-order valence-electron chi connectivity index (χ3n) is 5.56. The third-order valence-corrected chi connectivity index (χ3v) is 8.16. The van der Waals surface area contributed by atoms with Crippen LogP contribution in [-0.4, -0.2) is 91.3 Å². The van der Waals surface area contributed by atoms with Gasteiger partial charge in [-0.1, -0.05) is 0 Å². The Kier molecular flexibility index (Phi) is 9.11. The molecule has 0 aliphatic carbocycles. The minimum atomic E-state index is -5.40. The van der Waals surface area contributed by atoms with E-state index in [4.69, 9.17) is 14.2 Å². The fraction of sp³-hybridized carbons (Fsp3) is 0.765. The summed E-state index contributed by atoms with van der Waals surface area (Å²) in [5, 5.41) is 30.3. The molecule has 6 N–H and O–H groups in total. The molecular weight excluding hydrogens is 534 g/mol. The monoisotopic (exact) mass is 562 g/mol. The van der Waals surface area contributed by atoms with Gasteiger partial charge in [-0.15, -0.1) is 0 Å². The van der Waals surface area contributed by atoms with Crippen molar-refractivity contribution in [2.24, 2.45) is 0 Å². The number of hydrogen-bond acceptors (Lipinski definition) is 13. The molecule has 1 aromatic rings. The lowest BCUT2D eigenvalue weighted by Crippen LogP contribution is -2.57. The number of phosphoric ester groups is 2. The van der Waals surface area contributed by atoms with Crippen molar-refractivity contribution in [3.8, 4) is 0 Å². The Balaban J connectivity index is 1.59. The van der Waals surface area contributed by atoms with Gasteiger partial charge in [0.15, 0.2) is 6.29 Å². The Morgan fingerprint density at radius 2 is 1.81 bits per heavy atom. The van der Waals surface area contributed by atoms with Gasteiger partial charge in [-0.3, -0.25) is 23.4 Å². The number of aromatic amines is 1. The van der Waals surface area contributed by atoms with Gasteiger partial charge < -0.3 is 39.3 Å². The van der Waals surface area contributed by atoms with Crippen LogP contribution in [0.4, 0.5) is 0 Å². The zero-order valence-electron chi connectivity index (χ0n) is 19.3. The molecule has 36 heavy (non-hydrogen) atoms. The largest absolute Gasteiger partial charge is 0.483 e. The molecule has 0 aromatic carbocycles. The number of aromatic nitrogens is 2. The maximum atomic E-state index is 12.3. The number of nitrogens with zero attached hydrogens (tertiary/aromatic N) is 1. The van der Waals surface area contributed by atoms with Crippen LogP contribution in [0.3, 0.4) is 0 Å². The maximum Gasteiger partial charge on any atom is 0.483 e. The lowest BCUT2D eigenvalue weighted by molar-refractivity contribution is -0.276. The Morgan fingerprint density at radius 1 is 1.14 bits per heavy atom. The Labute approximate surface area is 203 Å². The van der Waals surface area contributed by atoms with Crippen molar-refractivity contribution < 1.29 is 61.8 Å². The zero-order chi connectivity index (χ0) is 27.0. The van der Waals surface area contributed by atoms with Crippen LogP contribution in [0, 0.1) is 6.92 Å². The van der Waals surface area contributed by atoms with E-state index < -0.39 is 82.6 Å². The molecule has 0 bridgehead atoms. The molecule has 2 saturated heterocycles. The molecule has 206 valence electrons. The van der Waals surface area contributed by atoms with Gasteiger partial charge in [0.05, 0.1) is 18.8 Å². The summed E-state index contributed by atoms with van der Waals surface area (Å²) in [5.74, 6) is 0. The summed E-state index contributed by atoms with van der Waals surface area (Å²) in [4.78, 5) is 45.4. The first-order valence-electron chi connectivity index (χ1n) is 10.5. The molecule has 0 spiro atoms. The van der Waals surface area contributed by atoms with Crippen molar-refractivity contribution in [1.82, 2.24) is 9.55 Å². The second kappa shape index (κ2) is 11.2. The van der Waals surface area contributed by atoms with Gasteiger partial charge >= 0.3 is 21.3 Å².